The highest BCUT2D eigenvalue weighted by Gasteiger charge is 2.13. The molecular formula is C13H17ClN2O4. The molecule has 6 nitrogen and oxygen atoms in total. The van der Waals surface area contributed by atoms with Gasteiger partial charge in [0, 0.05) is 18.0 Å². The first-order chi connectivity index (χ1) is 9.52. The van der Waals surface area contributed by atoms with Gasteiger partial charge < -0.3 is 20.8 Å². The van der Waals surface area contributed by atoms with Crippen molar-refractivity contribution in [2.45, 2.75) is 18.9 Å². The number of aliphatic hydroxyl groups excluding tert-OH is 1. The molecule has 1 aromatic rings. The topological polar surface area (TPSA) is 98.7 Å². The van der Waals surface area contributed by atoms with Gasteiger partial charge in [0.05, 0.1) is 12.6 Å². The van der Waals surface area contributed by atoms with E-state index in [0.29, 0.717) is 11.4 Å². The van der Waals surface area contributed by atoms with Gasteiger partial charge in [0.2, 0.25) is 0 Å². The van der Waals surface area contributed by atoms with Crippen LogP contribution in [0.15, 0.2) is 24.3 Å². The van der Waals surface area contributed by atoms with Crippen molar-refractivity contribution < 1.29 is 19.8 Å². The summed E-state index contributed by atoms with van der Waals surface area (Å²) < 4.78 is 0. The van der Waals surface area contributed by atoms with Crippen LogP contribution in [0.3, 0.4) is 0 Å². The fourth-order valence-corrected chi connectivity index (χ4v) is 1.71. The number of rotatable bonds is 7. The molecule has 110 valence electrons. The standard InChI is InChI=1S/C13H17ClN2O4/c14-10-5-3-9(4-6-10)11(8-17)16-13(20)15-7-1-2-12(18)19/h3-6,11,17H,1-2,7-8H2,(H,18,19)(H2,15,16,20). The van der Waals surface area contributed by atoms with Crippen LogP contribution in [0.4, 0.5) is 4.79 Å². The first kappa shape index (κ1) is 16.3. The minimum absolute atomic E-state index is 0.000886. The maximum absolute atomic E-state index is 11.6. The Labute approximate surface area is 121 Å². The molecule has 4 N–H and O–H groups in total. The predicted octanol–water partition coefficient (Wildman–Crippen LogP) is 1.54. The number of carboxylic acid groups (broad SMARTS) is 1. The summed E-state index contributed by atoms with van der Waals surface area (Å²) in [5, 5.41) is 23.5. The second-order valence-corrected chi connectivity index (χ2v) is 4.62. The van der Waals surface area contributed by atoms with Crippen LogP contribution >= 0.6 is 11.6 Å². The summed E-state index contributed by atoms with van der Waals surface area (Å²) in [5.41, 5.74) is 0.734. The Morgan fingerprint density at radius 3 is 2.45 bits per heavy atom. The van der Waals surface area contributed by atoms with E-state index in [1.807, 2.05) is 0 Å². The van der Waals surface area contributed by atoms with Crippen molar-refractivity contribution in [1.82, 2.24) is 10.6 Å². The lowest BCUT2D eigenvalue weighted by molar-refractivity contribution is -0.137. The third kappa shape index (κ3) is 5.90. The van der Waals surface area contributed by atoms with E-state index in [9.17, 15) is 14.7 Å². The summed E-state index contributed by atoms with van der Waals surface area (Å²) in [7, 11) is 0. The van der Waals surface area contributed by atoms with Crippen LogP contribution in [-0.2, 0) is 4.79 Å². The quantitative estimate of drug-likeness (QED) is 0.574. The number of aliphatic hydroxyl groups is 1. The van der Waals surface area contributed by atoms with Crippen molar-refractivity contribution in [2.24, 2.45) is 0 Å². The van der Waals surface area contributed by atoms with Gasteiger partial charge in [-0.15, -0.1) is 0 Å². The second kappa shape index (κ2) is 8.39. The van der Waals surface area contributed by atoms with Gasteiger partial charge in [-0.2, -0.15) is 0 Å². The van der Waals surface area contributed by atoms with Gasteiger partial charge in [0.1, 0.15) is 0 Å². The first-order valence-electron chi connectivity index (χ1n) is 6.15. The Morgan fingerprint density at radius 1 is 1.25 bits per heavy atom. The number of hydrogen-bond acceptors (Lipinski definition) is 3. The van der Waals surface area contributed by atoms with E-state index >= 15 is 0 Å². The number of carboxylic acids is 1. The van der Waals surface area contributed by atoms with E-state index in [2.05, 4.69) is 10.6 Å². The van der Waals surface area contributed by atoms with Crippen molar-refractivity contribution in [3.63, 3.8) is 0 Å². The van der Waals surface area contributed by atoms with Gasteiger partial charge in [-0.25, -0.2) is 4.79 Å². The van der Waals surface area contributed by atoms with Gasteiger partial charge in [-0.1, -0.05) is 23.7 Å². The Hall–Kier alpha value is -1.79. The predicted molar refractivity (Wildman–Crippen MR) is 74.7 cm³/mol. The van der Waals surface area contributed by atoms with E-state index in [1.54, 1.807) is 24.3 Å². The van der Waals surface area contributed by atoms with Crippen LogP contribution in [0.25, 0.3) is 0 Å². The smallest absolute Gasteiger partial charge is 0.315 e. The highest BCUT2D eigenvalue weighted by molar-refractivity contribution is 6.30. The van der Waals surface area contributed by atoms with E-state index < -0.39 is 18.0 Å². The van der Waals surface area contributed by atoms with Crippen LogP contribution in [0.5, 0.6) is 0 Å². The SMILES string of the molecule is O=C(O)CCCNC(=O)NC(CO)c1ccc(Cl)cc1. The van der Waals surface area contributed by atoms with E-state index in [0.717, 1.165) is 5.56 Å². The summed E-state index contributed by atoms with van der Waals surface area (Å²) in [4.78, 5) is 21.9. The maximum Gasteiger partial charge on any atom is 0.315 e. The number of urea groups is 1. The summed E-state index contributed by atoms with van der Waals surface area (Å²) in [6.45, 7) is 0.0150. The lowest BCUT2D eigenvalue weighted by Gasteiger charge is -2.17. The molecule has 2 amide bonds. The van der Waals surface area contributed by atoms with Crippen LogP contribution in [0, 0.1) is 0 Å². The molecule has 0 saturated carbocycles. The molecule has 1 rings (SSSR count). The Balaban J connectivity index is 2.41. The zero-order chi connectivity index (χ0) is 15.0. The highest BCUT2D eigenvalue weighted by Crippen LogP contribution is 2.16. The zero-order valence-corrected chi connectivity index (χ0v) is 11.6. The monoisotopic (exact) mass is 300 g/mol. The molecule has 1 aromatic carbocycles. The van der Waals surface area contributed by atoms with Crippen LogP contribution in [0.2, 0.25) is 5.02 Å². The number of amides is 2. The van der Waals surface area contributed by atoms with E-state index in [1.165, 1.54) is 0 Å². The molecule has 7 heteroatoms. The van der Waals surface area contributed by atoms with Crippen molar-refractivity contribution in [2.75, 3.05) is 13.2 Å². The third-order valence-corrected chi connectivity index (χ3v) is 2.87. The number of aliphatic carboxylic acids is 1. The summed E-state index contributed by atoms with van der Waals surface area (Å²) >= 11 is 5.77. The fraction of sp³-hybridized carbons (Fsp3) is 0.385. The van der Waals surface area contributed by atoms with Gasteiger partial charge in [0.15, 0.2) is 0 Å². The number of halogens is 1. The fourth-order valence-electron chi connectivity index (χ4n) is 1.58. The molecule has 0 aliphatic carbocycles. The van der Waals surface area contributed by atoms with Crippen molar-refractivity contribution >= 4 is 23.6 Å². The normalized spacial score (nSPS) is 11.7. The number of carbonyl (C=O) groups excluding carboxylic acids is 1. The van der Waals surface area contributed by atoms with E-state index in [4.69, 9.17) is 16.7 Å². The summed E-state index contributed by atoms with van der Waals surface area (Å²) in [5.74, 6) is -0.901. The number of carbonyl (C=O) groups is 2. The van der Waals surface area contributed by atoms with Crippen LogP contribution < -0.4 is 10.6 Å². The molecule has 0 radical (unpaired) electrons. The van der Waals surface area contributed by atoms with Crippen molar-refractivity contribution in [1.29, 1.82) is 0 Å². The molecule has 0 bridgehead atoms. The Kier molecular flexibility index (Phi) is 6.83. The zero-order valence-electron chi connectivity index (χ0n) is 10.8. The van der Waals surface area contributed by atoms with Crippen molar-refractivity contribution in [3.8, 4) is 0 Å². The molecule has 0 aliphatic rings. The average Bonchev–Trinajstić information content (AvgIpc) is 2.42. The van der Waals surface area contributed by atoms with Gasteiger partial charge >= 0.3 is 12.0 Å². The lowest BCUT2D eigenvalue weighted by atomic mass is 10.1. The molecule has 0 spiro atoms. The molecule has 0 saturated heterocycles. The minimum Gasteiger partial charge on any atom is -0.481 e. The number of nitrogens with one attached hydrogen (secondary N) is 2. The number of benzene rings is 1. The lowest BCUT2D eigenvalue weighted by Crippen LogP contribution is -2.39. The van der Waals surface area contributed by atoms with Gasteiger partial charge in [-0.05, 0) is 24.1 Å². The van der Waals surface area contributed by atoms with Gasteiger partial charge in [0.25, 0.3) is 0 Å². The Morgan fingerprint density at radius 2 is 1.90 bits per heavy atom. The molecule has 0 fully saturated rings. The molecule has 1 atom stereocenters. The Bertz CT molecular complexity index is 450. The summed E-state index contributed by atoms with van der Waals surface area (Å²) in [6.07, 6.45) is 0.356. The minimum atomic E-state index is -0.901. The molecule has 0 heterocycles. The van der Waals surface area contributed by atoms with E-state index in [-0.39, 0.29) is 19.6 Å². The van der Waals surface area contributed by atoms with Crippen LogP contribution in [0.1, 0.15) is 24.4 Å². The third-order valence-electron chi connectivity index (χ3n) is 2.61. The van der Waals surface area contributed by atoms with Gasteiger partial charge in [-0.3, -0.25) is 4.79 Å². The highest BCUT2D eigenvalue weighted by atomic mass is 35.5. The molecule has 0 aromatic heterocycles. The molecule has 0 aliphatic heterocycles. The largest absolute Gasteiger partial charge is 0.481 e. The van der Waals surface area contributed by atoms with Crippen LogP contribution in [-0.4, -0.2) is 35.4 Å². The molecule has 20 heavy (non-hydrogen) atoms. The first-order valence-corrected chi connectivity index (χ1v) is 6.53. The average molecular weight is 301 g/mol. The second-order valence-electron chi connectivity index (χ2n) is 4.18. The van der Waals surface area contributed by atoms with Crippen molar-refractivity contribution in [3.05, 3.63) is 34.9 Å². The molecule has 1 unspecified atom stereocenters. The maximum atomic E-state index is 11.6. The number of hydrogen-bond donors (Lipinski definition) is 4. The summed E-state index contributed by atoms with van der Waals surface area (Å²) in [6, 6.07) is 5.79. The molecular weight excluding hydrogens is 284 g/mol.